The number of carbonyl (C=O) groups excluding carboxylic acids is 2. The minimum atomic E-state index is -0.0207. The number of Topliss-reactive ketones (excluding diaryl/α,β-unsaturated/α-hetero) is 1. The van der Waals surface area contributed by atoms with Gasteiger partial charge in [-0.05, 0) is 58.7 Å². The van der Waals surface area contributed by atoms with Crippen LogP contribution in [0.1, 0.15) is 73.5 Å². The van der Waals surface area contributed by atoms with Gasteiger partial charge in [0.25, 0.3) is 6.47 Å². The van der Waals surface area contributed by atoms with Crippen LogP contribution in [-0.4, -0.2) is 23.8 Å². The molecule has 3 rings (SSSR count). The van der Waals surface area contributed by atoms with Crippen LogP contribution in [0.15, 0.2) is 6.20 Å². The van der Waals surface area contributed by atoms with Gasteiger partial charge in [-0.3, -0.25) is 14.6 Å². The number of hydrogen-bond donors (Lipinski definition) is 0. The first-order valence-corrected chi connectivity index (χ1v) is 9.76. The number of hydrogen-bond acceptors (Lipinski definition) is 4. The number of fused-ring (bicyclic) bond motifs is 1. The molecule has 1 fully saturated rings. The Labute approximate surface area is 156 Å². The van der Waals surface area contributed by atoms with Crippen LogP contribution in [-0.2, 0) is 16.0 Å². The summed E-state index contributed by atoms with van der Waals surface area (Å²) in [5.41, 5.74) is 2.79. The number of nitrogens with zero attached hydrogens (tertiary/aromatic N) is 1. The second kappa shape index (κ2) is 7.10. The number of halogens is 1. The predicted octanol–water partition coefficient (Wildman–Crippen LogP) is 4.29. The SMILES string of the molecule is CC1(C)CC(=O)c2c(ncc(C(COC=O)C3CCCC3)c2I)C1. The normalized spacial score (nSPS) is 21.4. The van der Waals surface area contributed by atoms with E-state index in [0.717, 1.165) is 39.7 Å². The van der Waals surface area contributed by atoms with Crippen molar-refractivity contribution in [2.45, 2.75) is 58.3 Å². The van der Waals surface area contributed by atoms with Crippen molar-refractivity contribution in [3.63, 3.8) is 0 Å². The van der Waals surface area contributed by atoms with E-state index in [-0.39, 0.29) is 17.1 Å². The fourth-order valence-corrected chi connectivity index (χ4v) is 5.39. The summed E-state index contributed by atoms with van der Waals surface area (Å²) in [4.78, 5) is 28.1. The van der Waals surface area contributed by atoms with E-state index < -0.39 is 0 Å². The van der Waals surface area contributed by atoms with E-state index in [1.165, 1.54) is 12.8 Å². The van der Waals surface area contributed by atoms with E-state index in [4.69, 9.17) is 4.74 Å². The maximum atomic E-state index is 12.7. The molecule has 0 N–H and O–H groups in total. The number of carbonyl (C=O) groups is 2. The Hall–Kier alpha value is -0.980. The first kappa shape index (κ1) is 17.8. The van der Waals surface area contributed by atoms with Crippen molar-refractivity contribution in [1.29, 1.82) is 0 Å². The van der Waals surface area contributed by atoms with Crippen LogP contribution in [0.5, 0.6) is 0 Å². The molecule has 2 aliphatic carbocycles. The van der Waals surface area contributed by atoms with Crippen LogP contribution in [0, 0.1) is 14.9 Å². The number of aromatic nitrogens is 1. The van der Waals surface area contributed by atoms with Crippen LogP contribution in [0.4, 0.5) is 0 Å². The van der Waals surface area contributed by atoms with Gasteiger partial charge in [0.05, 0.1) is 17.9 Å². The van der Waals surface area contributed by atoms with Crippen LogP contribution in [0.3, 0.4) is 0 Å². The highest BCUT2D eigenvalue weighted by Gasteiger charge is 2.36. The van der Waals surface area contributed by atoms with Gasteiger partial charge in [-0.2, -0.15) is 0 Å². The molecular weight excluding hydrogens is 417 g/mol. The molecule has 5 heteroatoms. The van der Waals surface area contributed by atoms with Gasteiger partial charge in [-0.15, -0.1) is 0 Å². The van der Waals surface area contributed by atoms with E-state index in [1.807, 2.05) is 6.20 Å². The molecule has 0 amide bonds. The molecule has 0 aromatic carbocycles. The minimum Gasteiger partial charge on any atom is -0.467 e. The van der Waals surface area contributed by atoms with Crippen molar-refractivity contribution in [3.8, 4) is 0 Å². The largest absolute Gasteiger partial charge is 0.467 e. The Balaban J connectivity index is 1.99. The molecule has 2 aliphatic rings. The minimum absolute atomic E-state index is 0.0207. The summed E-state index contributed by atoms with van der Waals surface area (Å²) in [6, 6.07) is 0. The molecular formula is C19H24INO3. The number of pyridine rings is 1. The van der Waals surface area contributed by atoms with Crippen molar-refractivity contribution in [1.82, 2.24) is 4.98 Å². The van der Waals surface area contributed by atoms with Gasteiger partial charge in [0.15, 0.2) is 5.78 Å². The predicted molar refractivity (Wildman–Crippen MR) is 100 cm³/mol. The fourth-order valence-electron chi connectivity index (χ4n) is 4.24. The van der Waals surface area contributed by atoms with Crippen LogP contribution in [0.25, 0.3) is 0 Å². The van der Waals surface area contributed by atoms with Gasteiger partial charge in [-0.1, -0.05) is 26.7 Å². The zero-order valence-electron chi connectivity index (χ0n) is 14.3. The first-order chi connectivity index (χ1) is 11.4. The van der Waals surface area contributed by atoms with Gasteiger partial charge in [0.2, 0.25) is 0 Å². The third-order valence-corrected chi connectivity index (χ3v) is 6.56. The second-order valence-corrected chi connectivity index (χ2v) is 8.95. The standard InChI is InChI=1S/C19H24INO3/c1-19(2)7-15-17(16(23)8-19)18(20)13(9-21-15)14(10-24-11-22)12-5-3-4-6-12/h9,11-12,14H,3-8,10H2,1-2H3. The van der Waals surface area contributed by atoms with E-state index >= 15 is 0 Å². The molecule has 0 saturated heterocycles. The molecule has 0 spiro atoms. The molecule has 1 heterocycles. The van der Waals surface area contributed by atoms with Crippen LogP contribution in [0.2, 0.25) is 0 Å². The highest BCUT2D eigenvalue weighted by atomic mass is 127. The average Bonchev–Trinajstić information content (AvgIpc) is 3.02. The molecule has 0 radical (unpaired) electrons. The summed E-state index contributed by atoms with van der Waals surface area (Å²) in [6.45, 7) is 5.14. The molecule has 0 aliphatic heterocycles. The summed E-state index contributed by atoms with van der Waals surface area (Å²) in [5, 5.41) is 0. The molecule has 4 nitrogen and oxygen atoms in total. The highest BCUT2D eigenvalue weighted by Crippen LogP contribution is 2.42. The van der Waals surface area contributed by atoms with E-state index in [1.54, 1.807) is 0 Å². The maximum Gasteiger partial charge on any atom is 0.293 e. The quantitative estimate of drug-likeness (QED) is 0.506. The molecule has 1 atom stereocenters. The zero-order valence-corrected chi connectivity index (χ0v) is 16.5. The molecule has 130 valence electrons. The Kier molecular flexibility index (Phi) is 5.27. The van der Waals surface area contributed by atoms with Gasteiger partial charge < -0.3 is 4.74 Å². The smallest absolute Gasteiger partial charge is 0.293 e. The topological polar surface area (TPSA) is 56.3 Å². The van der Waals surface area contributed by atoms with Crippen molar-refractivity contribution in [2.24, 2.45) is 11.3 Å². The Morgan fingerprint density at radius 1 is 1.38 bits per heavy atom. The van der Waals surface area contributed by atoms with Gasteiger partial charge in [0.1, 0.15) is 0 Å². The Bertz CT molecular complexity index is 650. The van der Waals surface area contributed by atoms with Crippen molar-refractivity contribution in [3.05, 3.63) is 26.6 Å². The van der Waals surface area contributed by atoms with Gasteiger partial charge in [0, 0.05) is 22.1 Å². The lowest BCUT2D eigenvalue weighted by Gasteiger charge is -2.32. The van der Waals surface area contributed by atoms with Crippen LogP contribution < -0.4 is 0 Å². The second-order valence-electron chi connectivity index (χ2n) is 7.87. The van der Waals surface area contributed by atoms with E-state index in [9.17, 15) is 9.59 Å². The molecule has 1 aromatic heterocycles. The number of rotatable bonds is 5. The van der Waals surface area contributed by atoms with Gasteiger partial charge in [-0.25, -0.2) is 0 Å². The zero-order chi connectivity index (χ0) is 17.3. The molecule has 1 saturated carbocycles. The third kappa shape index (κ3) is 3.51. The van der Waals surface area contributed by atoms with E-state index in [2.05, 4.69) is 41.4 Å². The van der Waals surface area contributed by atoms with Crippen molar-refractivity contribution in [2.75, 3.05) is 6.61 Å². The van der Waals surface area contributed by atoms with Crippen LogP contribution >= 0.6 is 22.6 Å². The lowest BCUT2D eigenvalue weighted by Crippen LogP contribution is -2.30. The number of ether oxygens (including phenoxy) is 1. The summed E-state index contributed by atoms with van der Waals surface area (Å²) in [6.07, 6.45) is 8.09. The summed E-state index contributed by atoms with van der Waals surface area (Å²) in [5.74, 6) is 0.847. The molecule has 24 heavy (non-hydrogen) atoms. The maximum absolute atomic E-state index is 12.7. The first-order valence-electron chi connectivity index (χ1n) is 8.68. The average molecular weight is 441 g/mol. The number of ketones is 1. The summed E-state index contributed by atoms with van der Waals surface area (Å²) in [7, 11) is 0. The molecule has 1 aromatic rings. The molecule has 1 unspecified atom stereocenters. The lowest BCUT2D eigenvalue weighted by atomic mass is 9.75. The van der Waals surface area contributed by atoms with Gasteiger partial charge >= 0.3 is 0 Å². The Morgan fingerprint density at radius 3 is 2.75 bits per heavy atom. The monoisotopic (exact) mass is 441 g/mol. The van der Waals surface area contributed by atoms with Crippen molar-refractivity contribution >= 4 is 34.8 Å². The lowest BCUT2D eigenvalue weighted by molar-refractivity contribution is -0.129. The third-order valence-electron chi connectivity index (χ3n) is 5.40. The summed E-state index contributed by atoms with van der Waals surface area (Å²) >= 11 is 2.30. The highest BCUT2D eigenvalue weighted by molar-refractivity contribution is 14.1. The summed E-state index contributed by atoms with van der Waals surface area (Å²) < 4.78 is 6.14. The fraction of sp³-hybridized carbons (Fsp3) is 0.632. The van der Waals surface area contributed by atoms with E-state index in [0.29, 0.717) is 25.4 Å². The Morgan fingerprint density at radius 2 is 2.08 bits per heavy atom. The van der Waals surface area contributed by atoms with Crippen molar-refractivity contribution < 1.29 is 14.3 Å². The molecule has 0 bridgehead atoms.